The van der Waals surface area contributed by atoms with Gasteiger partial charge in [-0.3, -0.25) is 4.79 Å². The van der Waals surface area contributed by atoms with Crippen molar-refractivity contribution in [1.29, 1.82) is 0 Å². The van der Waals surface area contributed by atoms with Gasteiger partial charge in [0.2, 0.25) is 5.91 Å². The molecule has 0 bridgehead atoms. The molecule has 0 saturated carbocycles. The minimum Gasteiger partial charge on any atom is -0.317 e. The topological polar surface area (TPSA) is 54.0 Å². The van der Waals surface area contributed by atoms with E-state index in [0.29, 0.717) is 23.7 Å². The van der Waals surface area contributed by atoms with Crippen LogP contribution in [0.4, 0.5) is 9.39 Å². The van der Waals surface area contributed by atoms with E-state index >= 15 is 0 Å². The molecule has 1 amide bonds. The van der Waals surface area contributed by atoms with Gasteiger partial charge >= 0.3 is 0 Å². The molecule has 1 atom stereocenters. The summed E-state index contributed by atoms with van der Waals surface area (Å²) in [4.78, 5) is 17.1. The first-order chi connectivity index (χ1) is 11.1. The second-order valence-electron chi connectivity index (χ2n) is 5.41. The molecular formula is C16H14FN3OS2. The Kier molecular flexibility index (Phi) is 3.63. The van der Waals surface area contributed by atoms with Gasteiger partial charge in [-0.15, -0.1) is 22.7 Å². The number of thiazole rings is 1. The molecule has 0 spiro atoms. The van der Waals surface area contributed by atoms with Crippen LogP contribution >= 0.6 is 22.7 Å². The number of para-hydroxylation sites is 1. The van der Waals surface area contributed by atoms with Crippen LogP contribution in [0, 0.1) is 0 Å². The lowest BCUT2D eigenvalue weighted by Crippen LogP contribution is -2.24. The van der Waals surface area contributed by atoms with E-state index in [0.717, 1.165) is 25.7 Å². The molecule has 23 heavy (non-hydrogen) atoms. The van der Waals surface area contributed by atoms with E-state index < -0.39 is 6.17 Å². The van der Waals surface area contributed by atoms with Gasteiger partial charge in [-0.1, -0.05) is 12.1 Å². The van der Waals surface area contributed by atoms with Gasteiger partial charge in [-0.2, -0.15) is 0 Å². The minimum absolute atomic E-state index is 0.158. The highest BCUT2D eigenvalue weighted by molar-refractivity contribution is 7.22. The second kappa shape index (κ2) is 5.67. The van der Waals surface area contributed by atoms with Crippen molar-refractivity contribution in [3.05, 3.63) is 34.7 Å². The maximum absolute atomic E-state index is 14.5. The molecule has 0 saturated heterocycles. The Morgan fingerprint density at radius 1 is 1.39 bits per heavy atom. The van der Waals surface area contributed by atoms with Crippen molar-refractivity contribution in [1.82, 2.24) is 10.3 Å². The van der Waals surface area contributed by atoms with Crippen molar-refractivity contribution < 1.29 is 9.18 Å². The zero-order valence-electron chi connectivity index (χ0n) is 12.4. The lowest BCUT2D eigenvalue weighted by molar-refractivity contribution is -0.114. The van der Waals surface area contributed by atoms with Crippen LogP contribution in [0.2, 0.25) is 0 Å². The average Bonchev–Trinajstić information content (AvgIpc) is 3.07. The molecule has 1 aliphatic rings. The molecule has 1 aliphatic heterocycles. The van der Waals surface area contributed by atoms with E-state index in [9.17, 15) is 9.18 Å². The number of hydrogen-bond acceptors (Lipinski definition) is 5. The number of alkyl halides is 1. The summed E-state index contributed by atoms with van der Waals surface area (Å²) < 4.78 is 15.6. The number of nitrogens with zero attached hydrogens (tertiary/aromatic N) is 1. The number of anilines is 1. The summed E-state index contributed by atoms with van der Waals surface area (Å²) in [6.07, 6.45) is -1.08. The number of carbonyl (C=O) groups is 1. The van der Waals surface area contributed by atoms with Crippen LogP contribution in [-0.4, -0.2) is 17.4 Å². The molecular weight excluding hydrogens is 333 g/mol. The lowest BCUT2D eigenvalue weighted by Gasteiger charge is -2.18. The summed E-state index contributed by atoms with van der Waals surface area (Å²) >= 11 is 2.96. The third-order valence-corrected chi connectivity index (χ3v) is 5.92. The largest absolute Gasteiger partial charge is 0.317 e. The molecule has 3 heterocycles. The highest BCUT2D eigenvalue weighted by Gasteiger charge is 2.30. The van der Waals surface area contributed by atoms with Gasteiger partial charge < -0.3 is 10.6 Å². The average molecular weight is 347 g/mol. The van der Waals surface area contributed by atoms with Gasteiger partial charge in [-0.25, -0.2) is 9.37 Å². The standard InChI is InChI=1S/C16H14FN3OS2/c1-8(21)19-15-14(13-9(17)6-18-7-12(13)23-15)16-20-10-4-2-3-5-11(10)22-16/h2-5,9,18H,6-7H2,1H3,(H,19,21). The maximum Gasteiger partial charge on any atom is 0.221 e. The predicted molar refractivity (Wildman–Crippen MR) is 92.8 cm³/mol. The van der Waals surface area contributed by atoms with E-state index in [1.54, 1.807) is 0 Å². The summed E-state index contributed by atoms with van der Waals surface area (Å²) in [7, 11) is 0. The molecule has 0 aliphatic carbocycles. The number of hydrogen-bond donors (Lipinski definition) is 2. The van der Waals surface area contributed by atoms with Crippen LogP contribution in [-0.2, 0) is 11.3 Å². The van der Waals surface area contributed by atoms with Crippen LogP contribution in [0.1, 0.15) is 23.5 Å². The highest BCUT2D eigenvalue weighted by atomic mass is 32.1. The quantitative estimate of drug-likeness (QED) is 0.734. The van der Waals surface area contributed by atoms with Crippen molar-refractivity contribution in [2.75, 3.05) is 11.9 Å². The molecule has 3 aromatic rings. The third kappa shape index (κ3) is 2.54. The van der Waals surface area contributed by atoms with Gasteiger partial charge in [0.1, 0.15) is 16.2 Å². The number of carbonyl (C=O) groups excluding carboxylic acids is 1. The second-order valence-corrected chi connectivity index (χ2v) is 7.55. The van der Waals surface area contributed by atoms with Crippen molar-refractivity contribution in [3.8, 4) is 10.6 Å². The van der Waals surface area contributed by atoms with Gasteiger partial charge in [0.15, 0.2) is 0 Å². The van der Waals surface area contributed by atoms with Crippen LogP contribution in [0.3, 0.4) is 0 Å². The summed E-state index contributed by atoms with van der Waals surface area (Å²) in [5.41, 5.74) is 2.32. The fraction of sp³-hybridized carbons (Fsp3) is 0.250. The normalized spacial score (nSPS) is 17.2. The van der Waals surface area contributed by atoms with Gasteiger partial charge in [0, 0.05) is 30.5 Å². The van der Waals surface area contributed by atoms with Gasteiger partial charge in [0.05, 0.1) is 15.8 Å². The first kappa shape index (κ1) is 14.7. The van der Waals surface area contributed by atoms with Gasteiger partial charge in [0.25, 0.3) is 0 Å². The summed E-state index contributed by atoms with van der Waals surface area (Å²) in [5.74, 6) is -0.158. The molecule has 0 fully saturated rings. The van der Waals surface area contributed by atoms with Crippen molar-refractivity contribution in [2.24, 2.45) is 0 Å². The molecule has 4 rings (SSSR count). The molecule has 7 heteroatoms. The first-order valence-electron chi connectivity index (χ1n) is 7.27. The van der Waals surface area contributed by atoms with Gasteiger partial charge in [-0.05, 0) is 12.1 Å². The molecule has 118 valence electrons. The van der Waals surface area contributed by atoms with E-state index in [2.05, 4.69) is 15.6 Å². The zero-order chi connectivity index (χ0) is 16.0. The van der Waals surface area contributed by atoms with Crippen LogP contribution in [0.5, 0.6) is 0 Å². The van der Waals surface area contributed by atoms with Crippen LogP contribution in [0.15, 0.2) is 24.3 Å². The maximum atomic E-state index is 14.5. The Bertz CT molecular complexity index is 869. The number of fused-ring (bicyclic) bond motifs is 2. The van der Waals surface area contributed by atoms with E-state index in [1.807, 2.05) is 24.3 Å². The molecule has 2 N–H and O–H groups in total. The first-order valence-corrected chi connectivity index (χ1v) is 8.90. The lowest BCUT2D eigenvalue weighted by atomic mass is 10.0. The molecule has 4 nitrogen and oxygen atoms in total. The number of rotatable bonds is 2. The summed E-state index contributed by atoms with van der Waals surface area (Å²) in [6.45, 7) is 2.38. The Morgan fingerprint density at radius 2 is 2.22 bits per heavy atom. The molecule has 1 unspecified atom stereocenters. The smallest absolute Gasteiger partial charge is 0.221 e. The molecule has 0 radical (unpaired) electrons. The van der Waals surface area contributed by atoms with Crippen molar-refractivity contribution in [2.45, 2.75) is 19.6 Å². The third-order valence-electron chi connectivity index (χ3n) is 3.74. The minimum atomic E-state index is -1.08. The Labute approximate surface area is 140 Å². The molecule has 1 aromatic carbocycles. The van der Waals surface area contributed by atoms with E-state index in [4.69, 9.17) is 0 Å². The summed E-state index contributed by atoms with van der Waals surface area (Å²) in [5, 5.41) is 7.36. The fourth-order valence-electron chi connectivity index (χ4n) is 2.81. The predicted octanol–water partition coefficient (Wildman–Crippen LogP) is 4.10. The number of nitrogens with one attached hydrogen (secondary N) is 2. The Hall–Kier alpha value is -1.83. The number of halogens is 1. The number of amides is 1. The monoisotopic (exact) mass is 347 g/mol. The fourth-order valence-corrected chi connectivity index (χ4v) is 5.17. The highest BCUT2D eigenvalue weighted by Crippen LogP contribution is 2.47. The van der Waals surface area contributed by atoms with Crippen molar-refractivity contribution in [3.63, 3.8) is 0 Å². The van der Waals surface area contributed by atoms with E-state index in [-0.39, 0.29) is 5.91 Å². The zero-order valence-corrected chi connectivity index (χ0v) is 14.0. The molecule has 2 aromatic heterocycles. The number of aromatic nitrogens is 1. The number of benzene rings is 1. The number of thiophene rings is 1. The Balaban J connectivity index is 1.94. The van der Waals surface area contributed by atoms with Crippen molar-refractivity contribution >= 4 is 43.8 Å². The van der Waals surface area contributed by atoms with Crippen LogP contribution in [0.25, 0.3) is 20.8 Å². The van der Waals surface area contributed by atoms with E-state index in [1.165, 1.54) is 29.6 Å². The SMILES string of the molecule is CC(=O)Nc1sc2c(c1-c1nc3ccccc3s1)C(F)CNC2. The Morgan fingerprint density at radius 3 is 3.00 bits per heavy atom. The van der Waals surface area contributed by atoms with Crippen LogP contribution < -0.4 is 10.6 Å². The summed E-state index contributed by atoms with van der Waals surface area (Å²) in [6, 6.07) is 7.85.